The van der Waals surface area contributed by atoms with Crippen molar-refractivity contribution in [3.05, 3.63) is 0 Å². The van der Waals surface area contributed by atoms with Crippen LogP contribution >= 0.6 is 0 Å². The number of carbonyl (C=O) groups is 3. The number of ether oxygens (including phenoxy) is 2. The molecule has 2 aliphatic rings. The summed E-state index contributed by atoms with van der Waals surface area (Å²) in [6.45, 7) is 1.38. The summed E-state index contributed by atoms with van der Waals surface area (Å²) < 4.78 is 47.9. The number of alkyl halides is 3. The van der Waals surface area contributed by atoms with Gasteiger partial charge in [-0.1, -0.05) is 0 Å². The molecular formula is C12H15F3N2O5. The van der Waals surface area contributed by atoms with Crippen LogP contribution in [0.4, 0.5) is 18.0 Å². The van der Waals surface area contributed by atoms with Gasteiger partial charge in [-0.25, -0.2) is 4.79 Å². The van der Waals surface area contributed by atoms with E-state index in [1.165, 1.54) is 0 Å². The van der Waals surface area contributed by atoms with E-state index < -0.39 is 48.9 Å². The lowest BCUT2D eigenvalue weighted by Crippen LogP contribution is -2.58. The van der Waals surface area contributed by atoms with E-state index in [1.807, 2.05) is 0 Å². The second kappa shape index (κ2) is 5.51. The second-order valence-electron chi connectivity index (χ2n) is 5.51. The maximum Gasteiger partial charge on any atom is 0.406 e. The van der Waals surface area contributed by atoms with Crippen LogP contribution in [0.25, 0.3) is 0 Å². The van der Waals surface area contributed by atoms with Crippen LogP contribution in [0, 0.1) is 0 Å². The van der Waals surface area contributed by atoms with E-state index in [-0.39, 0.29) is 18.1 Å². The fourth-order valence-electron chi connectivity index (χ4n) is 2.25. The first-order valence-electron chi connectivity index (χ1n) is 6.52. The van der Waals surface area contributed by atoms with Gasteiger partial charge >= 0.3 is 12.2 Å². The SMILES string of the molecule is CC1(C)OCC(CN2C(=O)CC(=O)N(CC(F)(F)F)C2=O)O1. The maximum absolute atomic E-state index is 12.4. The molecule has 2 rings (SSSR count). The molecule has 2 heterocycles. The molecule has 10 heteroatoms. The second-order valence-corrected chi connectivity index (χ2v) is 5.51. The number of hydrogen-bond acceptors (Lipinski definition) is 5. The Hall–Kier alpha value is -1.68. The zero-order chi connectivity index (χ0) is 16.7. The Kier molecular flexibility index (Phi) is 4.18. The normalized spacial score (nSPS) is 26.0. The van der Waals surface area contributed by atoms with Crippen molar-refractivity contribution in [2.45, 2.75) is 38.3 Å². The molecule has 4 amide bonds. The molecule has 2 fully saturated rings. The van der Waals surface area contributed by atoms with Gasteiger partial charge in [-0.15, -0.1) is 0 Å². The third-order valence-electron chi connectivity index (χ3n) is 3.16. The zero-order valence-electron chi connectivity index (χ0n) is 12.0. The Morgan fingerprint density at radius 3 is 2.27 bits per heavy atom. The van der Waals surface area contributed by atoms with E-state index in [1.54, 1.807) is 13.8 Å². The first-order chi connectivity index (χ1) is 9.98. The average Bonchev–Trinajstić information content (AvgIpc) is 2.68. The third kappa shape index (κ3) is 3.74. The van der Waals surface area contributed by atoms with E-state index in [4.69, 9.17) is 9.47 Å². The molecule has 7 nitrogen and oxygen atoms in total. The summed E-state index contributed by atoms with van der Waals surface area (Å²) in [6.07, 6.45) is -6.16. The van der Waals surface area contributed by atoms with Crippen LogP contribution in [-0.4, -0.2) is 65.4 Å². The molecular weight excluding hydrogens is 309 g/mol. The summed E-state index contributed by atoms with van der Waals surface area (Å²) in [6, 6.07) is -1.29. The molecule has 0 saturated carbocycles. The van der Waals surface area contributed by atoms with Crippen LogP contribution in [0.5, 0.6) is 0 Å². The monoisotopic (exact) mass is 324 g/mol. The highest BCUT2D eigenvalue weighted by molar-refractivity contribution is 6.14. The van der Waals surface area contributed by atoms with E-state index in [9.17, 15) is 27.6 Å². The van der Waals surface area contributed by atoms with Gasteiger partial charge in [0.15, 0.2) is 5.79 Å². The van der Waals surface area contributed by atoms with Crippen LogP contribution in [-0.2, 0) is 19.1 Å². The molecule has 0 N–H and O–H groups in total. The lowest BCUT2D eigenvalue weighted by atomic mass is 10.2. The van der Waals surface area contributed by atoms with Crippen molar-refractivity contribution >= 4 is 17.8 Å². The summed E-state index contributed by atoms with van der Waals surface area (Å²) in [5.74, 6) is -2.90. The molecule has 124 valence electrons. The van der Waals surface area contributed by atoms with E-state index in [0.717, 1.165) is 0 Å². The number of carbonyl (C=O) groups excluding carboxylic acids is 3. The molecule has 0 bridgehead atoms. The largest absolute Gasteiger partial charge is 0.406 e. The van der Waals surface area contributed by atoms with Crippen molar-refractivity contribution < 1.29 is 37.0 Å². The van der Waals surface area contributed by atoms with Crippen LogP contribution in [0.1, 0.15) is 20.3 Å². The first kappa shape index (κ1) is 16.7. The van der Waals surface area contributed by atoms with Gasteiger partial charge in [-0.2, -0.15) is 13.2 Å². The number of hydrogen-bond donors (Lipinski definition) is 0. The van der Waals surface area contributed by atoms with Crippen molar-refractivity contribution in [2.24, 2.45) is 0 Å². The van der Waals surface area contributed by atoms with Crippen molar-refractivity contribution in [1.29, 1.82) is 0 Å². The van der Waals surface area contributed by atoms with E-state index >= 15 is 0 Å². The molecule has 1 atom stereocenters. The van der Waals surface area contributed by atoms with Gasteiger partial charge in [0, 0.05) is 0 Å². The summed E-state index contributed by atoms with van der Waals surface area (Å²) in [5, 5.41) is 0. The number of amides is 4. The van der Waals surface area contributed by atoms with Crippen LogP contribution in [0.2, 0.25) is 0 Å². The Labute approximate surface area is 123 Å². The van der Waals surface area contributed by atoms with E-state index in [0.29, 0.717) is 4.90 Å². The predicted octanol–water partition coefficient (Wildman–Crippen LogP) is 0.881. The Morgan fingerprint density at radius 1 is 1.18 bits per heavy atom. The standard InChI is InChI=1S/C12H15F3N2O5/c1-11(2)21-5-7(22-11)4-16-8(18)3-9(19)17(10(16)20)6-12(13,14)15/h7H,3-6H2,1-2H3. The van der Waals surface area contributed by atoms with Gasteiger partial charge in [0.25, 0.3) is 0 Å². The highest BCUT2D eigenvalue weighted by Gasteiger charge is 2.45. The van der Waals surface area contributed by atoms with Crippen molar-refractivity contribution in [3.8, 4) is 0 Å². The summed E-state index contributed by atoms with van der Waals surface area (Å²) >= 11 is 0. The molecule has 0 aliphatic carbocycles. The van der Waals surface area contributed by atoms with Crippen molar-refractivity contribution in [1.82, 2.24) is 9.80 Å². The number of imide groups is 2. The first-order valence-corrected chi connectivity index (χ1v) is 6.52. The fraction of sp³-hybridized carbons (Fsp3) is 0.750. The van der Waals surface area contributed by atoms with Gasteiger partial charge in [-0.05, 0) is 13.8 Å². The van der Waals surface area contributed by atoms with Crippen molar-refractivity contribution in [2.75, 3.05) is 19.7 Å². The fourth-order valence-corrected chi connectivity index (χ4v) is 2.25. The third-order valence-corrected chi connectivity index (χ3v) is 3.16. The van der Waals surface area contributed by atoms with Crippen LogP contribution in [0.15, 0.2) is 0 Å². The smallest absolute Gasteiger partial charge is 0.348 e. The zero-order valence-corrected chi connectivity index (χ0v) is 12.0. The maximum atomic E-state index is 12.4. The Balaban J connectivity index is 2.08. The van der Waals surface area contributed by atoms with Gasteiger partial charge < -0.3 is 9.47 Å². The number of rotatable bonds is 3. The number of barbiturate groups is 1. The molecule has 2 aliphatic heterocycles. The molecule has 0 aromatic heterocycles. The molecule has 0 aromatic rings. The molecule has 0 radical (unpaired) electrons. The molecule has 1 unspecified atom stereocenters. The van der Waals surface area contributed by atoms with Gasteiger partial charge in [0.1, 0.15) is 19.1 Å². The lowest BCUT2D eigenvalue weighted by Gasteiger charge is -2.34. The van der Waals surface area contributed by atoms with Crippen LogP contribution in [0.3, 0.4) is 0 Å². The molecule has 0 spiro atoms. The minimum absolute atomic E-state index is 0.0301. The Bertz CT molecular complexity index is 505. The lowest BCUT2D eigenvalue weighted by molar-refractivity contribution is -0.164. The number of urea groups is 1. The van der Waals surface area contributed by atoms with E-state index in [2.05, 4.69) is 0 Å². The molecule has 22 heavy (non-hydrogen) atoms. The topological polar surface area (TPSA) is 76.2 Å². The van der Waals surface area contributed by atoms with Gasteiger partial charge in [0.2, 0.25) is 11.8 Å². The minimum Gasteiger partial charge on any atom is -0.348 e. The average molecular weight is 324 g/mol. The Morgan fingerprint density at radius 2 is 1.77 bits per heavy atom. The summed E-state index contributed by atoms with van der Waals surface area (Å²) in [4.78, 5) is 35.9. The van der Waals surface area contributed by atoms with Gasteiger partial charge in [0.05, 0.1) is 13.2 Å². The number of halogens is 3. The number of nitrogens with zero attached hydrogens (tertiary/aromatic N) is 2. The van der Waals surface area contributed by atoms with Gasteiger partial charge in [-0.3, -0.25) is 19.4 Å². The predicted molar refractivity (Wildman–Crippen MR) is 64.4 cm³/mol. The molecule has 2 saturated heterocycles. The van der Waals surface area contributed by atoms with Crippen LogP contribution < -0.4 is 0 Å². The molecule has 0 aromatic carbocycles. The summed E-state index contributed by atoms with van der Waals surface area (Å²) in [7, 11) is 0. The quantitative estimate of drug-likeness (QED) is 0.721. The van der Waals surface area contributed by atoms with Crippen molar-refractivity contribution in [3.63, 3.8) is 0 Å². The highest BCUT2D eigenvalue weighted by Crippen LogP contribution is 2.25. The highest BCUT2D eigenvalue weighted by atomic mass is 19.4. The minimum atomic E-state index is -4.73. The summed E-state index contributed by atoms with van der Waals surface area (Å²) in [5.41, 5.74) is 0.